The Morgan fingerprint density at radius 3 is 2.57 bits per heavy atom. The number of fused-ring (bicyclic) bond motifs is 4. The third-order valence-corrected chi connectivity index (χ3v) is 9.08. The molecule has 2 unspecified atom stereocenters. The lowest BCUT2D eigenvalue weighted by Gasteiger charge is -2.21. The summed E-state index contributed by atoms with van der Waals surface area (Å²) in [6.07, 6.45) is 4.02. The number of benzene rings is 1. The van der Waals surface area contributed by atoms with Crippen LogP contribution in [-0.2, 0) is 36.5 Å². The molecule has 0 bridgehead atoms. The van der Waals surface area contributed by atoms with Gasteiger partial charge in [0.15, 0.2) is 5.78 Å². The minimum absolute atomic E-state index is 0.0165. The molecule has 0 saturated heterocycles. The fourth-order valence-electron chi connectivity index (χ4n) is 7.08. The molecule has 4 aromatic rings. The Hall–Kier alpha value is -4.02. The third-order valence-electron chi connectivity index (χ3n) is 9.08. The summed E-state index contributed by atoms with van der Waals surface area (Å²) in [6.45, 7) is -0.638. The van der Waals surface area contributed by atoms with Crippen LogP contribution in [0.2, 0.25) is 0 Å². The van der Waals surface area contributed by atoms with Gasteiger partial charge in [0.25, 0.3) is 12.3 Å². The predicted molar refractivity (Wildman–Crippen MR) is 148 cm³/mol. The molecule has 11 heteroatoms. The molecule has 3 aromatic heterocycles. The summed E-state index contributed by atoms with van der Waals surface area (Å²) in [5.41, 5.74) is 2.96. The fourth-order valence-corrected chi connectivity index (χ4v) is 7.08. The number of hydrogen-bond acceptors (Lipinski definition) is 4. The molecule has 1 saturated carbocycles. The van der Waals surface area contributed by atoms with E-state index in [1.54, 1.807) is 18.5 Å². The van der Waals surface area contributed by atoms with E-state index in [1.165, 1.54) is 12.1 Å². The van der Waals surface area contributed by atoms with Gasteiger partial charge in [0.2, 0.25) is 0 Å². The maximum atomic E-state index is 15.1. The van der Waals surface area contributed by atoms with Crippen LogP contribution in [0.25, 0.3) is 11.1 Å². The zero-order valence-corrected chi connectivity index (χ0v) is 23.5. The summed E-state index contributed by atoms with van der Waals surface area (Å²) in [7, 11) is 0. The number of carbonyl (C=O) groups excluding carboxylic acids is 1. The average Bonchev–Trinajstić information content (AvgIpc) is 3.64. The van der Waals surface area contributed by atoms with Crippen molar-refractivity contribution in [3.63, 3.8) is 0 Å². The lowest BCUT2D eigenvalue weighted by molar-refractivity contribution is -0.120. The van der Waals surface area contributed by atoms with Gasteiger partial charge in [-0.05, 0) is 79.8 Å². The minimum Gasteiger partial charge on any atom is -0.298 e. The quantitative estimate of drug-likeness (QED) is 0.183. The van der Waals surface area contributed by atoms with Crippen molar-refractivity contribution < 1.29 is 31.1 Å². The number of carbonyl (C=O) groups is 1. The molecule has 3 aliphatic carbocycles. The Bertz CT molecular complexity index is 1750. The summed E-state index contributed by atoms with van der Waals surface area (Å²) < 4.78 is 86.8. The van der Waals surface area contributed by atoms with Crippen molar-refractivity contribution in [2.45, 2.75) is 75.7 Å². The number of pyridine rings is 2. The second-order valence-electron chi connectivity index (χ2n) is 12.1. The van der Waals surface area contributed by atoms with E-state index < -0.39 is 65.5 Å². The van der Waals surface area contributed by atoms with E-state index >= 15 is 8.78 Å². The van der Waals surface area contributed by atoms with Gasteiger partial charge < -0.3 is 0 Å². The van der Waals surface area contributed by atoms with Crippen LogP contribution < -0.4 is 0 Å². The van der Waals surface area contributed by atoms with Crippen molar-refractivity contribution in [2.75, 3.05) is 0 Å². The molecule has 3 aliphatic rings. The van der Waals surface area contributed by atoms with Crippen LogP contribution >= 0.6 is 0 Å². The van der Waals surface area contributed by atoms with Crippen LogP contribution in [0.4, 0.5) is 26.3 Å². The topological polar surface area (TPSA) is 60.7 Å². The molecule has 0 aliphatic heterocycles. The van der Waals surface area contributed by atoms with Gasteiger partial charge in [-0.2, -0.15) is 13.9 Å². The van der Waals surface area contributed by atoms with Crippen LogP contribution in [0, 0.1) is 17.6 Å². The van der Waals surface area contributed by atoms with Crippen LogP contribution in [0.3, 0.4) is 0 Å². The number of aryl methyl sites for hydroxylation is 2. The van der Waals surface area contributed by atoms with Crippen LogP contribution in [-0.4, -0.2) is 25.5 Å². The number of halogens is 6. The standard InChI is InChI=1S/C33H28F6N4O/c34-21-9-17(10-22(35)13-21)8-19(29-24(5-3-7-40-29)20-11-18-4-1-2-6-27(18)41-15-20)12-23(44)16-43-31-28(30(42-43)32(36)37)25-14-26(25)33(31,38)39/h3,5,7,9-11,13,15,19,25-26,32H,1-2,4,6,8,12,14,16H2/t19-,25?,26?/m1/s1. The van der Waals surface area contributed by atoms with Crippen molar-refractivity contribution in [3.05, 3.63) is 99.9 Å². The molecule has 0 N–H and O–H groups in total. The first-order chi connectivity index (χ1) is 21.1. The lowest BCUT2D eigenvalue weighted by Crippen LogP contribution is -2.24. The van der Waals surface area contributed by atoms with Gasteiger partial charge >= 0.3 is 0 Å². The number of rotatable bonds is 9. The summed E-state index contributed by atoms with van der Waals surface area (Å²) in [4.78, 5) is 22.8. The van der Waals surface area contributed by atoms with Crippen LogP contribution in [0.5, 0.6) is 0 Å². The molecule has 1 fully saturated rings. The maximum absolute atomic E-state index is 15.1. The first-order valence-electron chi connectivity index (χ1n) is 14.8. The van der Waals surface area contributed by atoms with Gasteiger partial charge in [-0.1, -0.05) is 6.07 Å². The molecular weight excluding hydrogens is 582 g/mol. The highest BCUT2D eigenvalue weighted by Gasteiger charge is 2.67. The van der Waals surface area contributed by atoms with E-state index in [-0.39, 0.29) is 30.4 Å². The van der Waals surface area contributed by atoms with Gasteiger partial charge in [0.1, 0.15) is 29.6 Å². The SMILES string of the molecule is O=C(C[C@@H](Cc1cc(F)cc(F)c1)c1ncccc1-c1cnc2c(c1)CCCC2)Cn1nc(C(F)F)c2c1C(F)(F)C1CC21. The van der Waals surface area contributed by atoms with Crippen LogP contribution in [0.1, 0.15) is 83.4 Å². The Balaban J connectivity index is 1.24. The molecule has 5 nitrogen and oxygen atoms in total. The van der Waals surface area contributed by atoms with Gasteiger partial charge in [-0.3, -0.25) is 19.4 Å². The molecule has 3 atom stereocenters. The Morgan fingerprint density at radius 1 is 1.02 bits per heavy atom. The van der Waals surface area contributed by atoms with Gasteiger partial charge in [0, 0.05) is 59.1 Å². The van der Waals surface area contributed by atoms with E-state index in [2.05, 4.69) is 21.1 Å². The molecule has 3 heterocycles. The summed E-state index contributed by atoms with van der Waals surface area (Å²) >= 11 is 0. The van der Waals surface area contributed by atoms with Crippen molar-refractivity contribution >= 4 is 5.78 Å². The smallest absolute Gasteiger partial charge is 0.293 e. The fraction of sp³-hybridized carbons (Fsp3) is 0.394. The Morgan fingerprint density at radius 2 is 1.80 bits per heavy atom. The van der Waals surface area contributed by atoms with E-state index in [9.17, 15) is 22.4 Å². The first kappa shape index (κ1) is 28.7. The highest BCUT2D eigenvalue weighted by molar-refractivity contribution is 5.80. The molecule has 0 spiro atoms. The zero-order chi connectivity index (χ0) is 30.7. The van der Waals surface area contributed by atoms with Crippen molar-refractivity contribution in [1.29, 1.82) is 0 Å². The van der Waals surface area contributed by atoms with Crippen LogP contribution in [0.15, 0.2) is 48.8 Å². The van der Waals surface area contributed by atoms with E-state index in [0.717, 1.165) is 53.3 Å². The lowest BCUT2D eigenvalue weighted by atomic mass is 9.86. The summed E-state index contributed by atoms with van der Waals surface area (Å²) in [5.74, 6) is -7.91. The zero-order valence-electron chi connectivity index (χ0n) is 23.5. The largest absolute Gasteiger partial charge is 0.298 e. The normalized spacial score (nSPS) is 20.2. The second kappa shape index (κ2) is 10.9. The number of ketones is 1. The number of hydrogen-bond donors (Lipinski definition) is 0. The maximum Gasteiger partial charge on any atom is 0.293 e. The Labute approximate surface area is 249 Å². The van der Waals surface area contributed by atoms with E-state index in [1.807, 2.05) is 6.07 Å². The molecule has 228 valence electrons. The third kappa shape index (κ3) is 5.09. The van der Waals surface area contributed by atoms with Crippen molar-refractivity contribution in [1.82, 2.24) is 19.7 Å². The Kier molecular flexibility index (Phi) is 7.09. The molecule has 44 heavy (non-hydrogen) atoms. The molecule has 0 amide bonds. The van der Waals surface area contributed by atoms with Gasteiger partial charge in [0.05, 0.1) is 5.69 Å². The average molecular weight is 611 g/mol. The predicted octanol–water partition coefficient (Wildman–Crippen LogP) is 7.63. The van der Waals surface area contributed by atoms with Crippen molar-refractivity contribution in [3.8, 4) is 11.1 Å². The molecular formula is C33H28F6N4O. The monoisotopic (exact) mass is 610 g/mol. The first-order valence-corrected chi connectivity index (χ1v) is 14.8. The number of alkyl halides is 4. The molecule has 1 aromatic carbocycles. The van der Waals surface area contributed by atoms with Gasteiger partial charge in [-0.15, -0.1) is 0 Å². The molecule has 0 radical (unpaired) electrons. The van der Waals surface area contributed by atoms with Gasteiger partial charge in [-0.25, -0.2) is 17.6 Å². The van der Waals surface area contributed by atoms with E-state index in [0.29, 0.717) is 11.3 Å². The van der Waals surface area contributed by atoms with E-state index in [4.69, 9.17) is 0 Å². The summed E-state index contributed by atoms with van der Waals surface area (Å²) in [6, 6.07) is 8.72. The number of nitrogens with zero attached hydrogens (tertiary/aromatic N) is 4. The highest BCUT2D eigenvalue weighted by Crippen LogP contribution is 2.68. The molecule has 7 rings (SSSR count). The van der Waals surface area contributed by atoms with Crippen molar-refractivity contribution in [2.24, 2.45) is 5.92 Å². The summed E-state index contributed by atoms with van der Waals surface area (Å²) in [5, 5.41) is 3.78. The number of aromatic nitrogens is 4. The minimum atomic E-state index is -3.35. The highest BCUT2D eigenvalue weighted by atomic mass is 19.3. The second-order valence-corrected chi connectivity index (χ2v) is 12.1. The number of Topliss-reactive ketones (excluding diaryl/α,β-unsaturated/α-hetero) is 1.